The highest BCUT2D eigenvalue weighted by Crippen LogP contribution is 2.44. The average molecular weight is 270 g/mol. The quantitative estimate of drug-likeness (QED) is 0.594. The number of carbonyl (C=O) groups is 2. The molecular weight excluding hydrogens is 244 g/mol. The van der Waals surface area contributed by atoms with E-state index in [9.17, 15) is 14.7 Å². The monoisotopic (exact) mass is 270 g/mol. The molecule has 1 atom stereocenters. The Kier molecular flexibility index (Phi) is 5.83. The maximum Gasteiger partial charge on any atom is 0.323 e. The molecule has 0 aromatic rings. The third kappa shape index (κ3) is 3.48. The molecule has 4 nitrogen and oxygen atoms in total. The molecule has 1 fully saturated rings. The summed E-state index contributed by atoms with van der Waals surface area (Å²) in [5.41, 5.74) is -1.34. The Morgan fingerprint density at radius 1 is 1.26 bits per heavy atom. The van der Waals surface area contributed by atoms with Crippen molar-refractivity contribution in [1.29, 1.82) is 0 Å². The lowest BCUT2D eigenvalue weighted by Crippen LogP contribution is -2.48. The summed E-state index contributed by atoms with van der Waals surface area (Å²) in [7, 11) is 0. The van der Waals surface area contributed by atoms with Crippen molar-refractivity contribution in [2.24, 2.45) is 17.3 Å². The van der Waals surface area contributed by atoms with Gasteiger partial charge in [0.15, 0.2) is 5.41 Å². The van der Waals surface area contributed by atoms with Gasteiger partial charge in [-0.3, -0.25) is 9.59 Å². The van der Waals surface area contributed by atoms with Crippen LogP contribution in [-0.2, 0) is 14.3 Å². The molecule has 1 aliphatic carbocycles. The van der Waals surface area contributed by atoms with Crippen LogP contribution in [0.15, 0.2) is 0 Å². The molecule has 1 saturated carbocycles. The largest absolute Gasteiger partial charge is 0.480 e. The minimum absolute atomic E-state index is 0.0831. The van der Waals surface area contributed by atoms with Crippen molar-refractivity contribution in [2.75, 3.05) is 6.61 Å². The molecule has 110 valence electrons. The fourth-order valence-electron chi connectivity index (χ4n) is 3.27. The topological polar surface area (TPSA) is 63.6 Å². The Labute approximate surface area is 115 Å². The molecule has 0 spiro atoms. The fourth-order valence-corrected chi connectivity index (χ4v) is 3.27. The zero-order chi connectivity index (χ0) is 14.5. The van der Waals surface area contributed by atoms with E-state index in [0.717, 1.165) is 32.1 Å². The van der Waals surface area contributed by atoms with Crippen LogP contribution in [0.4, 0.5) is 0 Å². The molecule has 1 rings (SSSR count). The van der Waals surface area contributed by atoms with E-state index in [2.05, 4.69) is 0 Å². The van der Waals surface area contributed by atoms with Gasteiger partial charge >= 0.3 is 11.9 Å². The first-order valence-electron chi connectivity index (χ1n) is 7.35. The lowest BCUT2D eigenvalue weighted by molar-refractivity contribution is -0.176. The van der Waals surface area contributed by atoms with Gasteiger partial charge in [0, 0.05) is 0 Å². The molecule has 0 aromatic heterocycles. The summed E-state index contributed by atoms with van der Waals surface area (Å²) < 4.78 is 5.10. The van der Waals surface area contributed by atoms with E-state index in [1.807, 2.05) is 13.8 Å². The first-order valence-corrected chi connectivity index (χ1v) is 7.35. The number of hydrogen-bond acceptors (Lipinski definition) is 3. The summed E-state index contributed by atoms with van der Waals surface area (Å²) in [5, 5.41) is 9.72. The Morgan fingerprint density at radius 2 is 1.84 bits per heavy atom. The van der Waals surface area contributed by atoms with Crippen molar-refractivity contribution >= 4 is 11.9 Å². The van der Waals surface area contributed by atoms with E-state index in [0.29, 0.717) is 6.42 Å². The minimum Gasteiger partial charge on any atom is -0.480 e. The van der Waals surface area contributed by atoms with Crippen LogP contribution in [0.1, 0.15) is 59.3 Å². The second kappa shape index (κ2) is 6.92. The van der Waals surface area contributed by atoms with E-state index in [1.165, 1.54) is 0 Å². The van der Waals surface area contributed by atoms with Crippen LogP contribution < -0.4 is 0 Å². The summed E-state index contributed by atoms with van der Waals surface area (Å²) in [6.07, 6.45) is 5.16. The molecule has 0 amide bonds. The maximum absolute atomic E-state index is 12.3. The van der Waals surface area contributed by atoms with Gasteiger partial charge in [-0.05, 0) is 38.0 Å². The second-order valence-corrected chi connectivity index (χ2v) is 5.93. The van der Waals surface area contributed by atoms with Crippen LogP contribution in [0.5, 0.6) is 0 Å². The van der Waals surface area contributed by atoms with Gasteiger partial charge in [0.2, 0.25) is 0 Å². The van der Waals surface area contributed by atoms with Gasteiger partial charge in [-0.25, -0.2) is 0 Å². The molecular formula is C15H26O4. The predicted molar refractivity (Wildman–Crippen MR) is 72.7 cm³/mol. The van der Waals surface area contributed by atoms with Crippen LogP contribution in [0.3, 0.4) is 0 Å². The summed E-state index contributed by atoms with van der Waals surface area (Å²) in [5.74, 6) is -1.47. The van der Waals surface area contributed by atoms with E-state index in [1.54, 1.807) is 6.92 Å². The maximum atomic E-state index is 12.3. The first kappa shape index (κ1) is 16.0. The van der Waals surface area contributed by atoms with E-state index >= 15 is 0 Å². The SMILES string of the molecule is CCOC(=O)C(CC(C)C)(C(=O)O)C1CCCCC1. The molecule has 1 unspecified atom stereocenters. The third-order valence-corrected chi connectivity index (χ3v) is 4.05. The number of ether oxygens (including phenoxy) is 1. The molecule has 0 radical (unpaired) electrons. The Balaban J connectivity index is 3.09. The van der Waals surface area contributed by atoms with Crippen molar-refractivity contribution in [3.63, 3.8) is 0 Å². The summed E-state index contributed by atoms with van der Waals surface area (Å²) >= 11 is 0. The molecule has 0 aromatic carbocycles. The average Bonchev–Trinajstić information content (AvgIpc) is 2.36. The second-order valence-electron chi connectivity index (χ2n) is 5.93. The normalized spacial score (nSPS) is 20.0. The Morgan fingerprint density at radius 3 is 2.26 bits per heavy atom. The first-order chi connectivity index (χ1) is 8.95. The van der Waals surface area contributed by atoms with Crippen molar-refractivity contribution in [3.8, 4) is 0 Å². The van der Waals surface area contributed by atoms with E-state index in [-0.39, 0.29) is 18.4 Å². The summed E-state index contributed by atoms with van der Waals surface area (Å²) in [6.45, 7) is 5.87. The van der Waals surface area contributed by atoms with Crippen molar-refractivity contribution in [1.82, 2.24) is 0 Å². The van der Waals surface area contributed by atoms with Gasteiger partial charge in [-0.1, -0.05) is 33.1 Å². The van der Waals surface area contributed by atoms with Gasteiger partial charge < -0.3 is 9.84 Å². The number of aliphatic carboxylic acids is 1. The summed E-state index contributed by atoms with van der Waals surface area (Å²) in [4.78, 5) is 24.2. The number of hydrogen-bond donors (Lipinski definition) is 1. The lowest BCUT2D eigenvalue weighted by atomic mass is 9.65. The molecule has 0 bridgehead atoms. The summed E-state index contributed by atoms with van der Waals surface area (Å²) in [6, 6.07) is 0. The van der Waals surface area contributed by atoms with Gasteiger partial charge in [0.05, 0.1) is 6.61 Å². The van der Waals surface area contributed by atoms with Gasteiger partial charge in [-0.15, -0.1) is 0 Å². The lowest BCUT2D eigenvalue weighted by Gasteiger charge is -2.38. The van der Waals surface area contributed by atoms with Gasteiger partial charge in [0.25, 0.3) is 0 Å². The van der Waals surface area contributed by atoms with Crippen molar-refractivity contribution in [2.45, 2.75) is 59.3 Å². The molecule has 0 saturated heterocycles. The van der Waals surface area contributed by atoms with Crippen molar-refractivity contribution < 1.29 is 19.4 Å². The smallest absolute Gasteiger partial charge is 0.323 e. The van der Waals surface area contributed by atoms with E-state index < -0.39 is 17.4 Å². The highest BCUT2D eigenvalue weighted by molar-refractivity contribution is 5.99. The molecule has 1 N–H and O–H groups in total. The van der Waals surface area contributed by atoms with Gasteiger partial charge in [-0.2, -0.15) is 0 Å². The zero-order valence-corrected chi connectivity index (χ0v) is 12.3. The standard InChI is InChI=1S/C15H26O4/c1-4-19-14(18)15(13(16)17,10-11(2)3)12-8-6-5-7-9-12/h11-12H,4-10H2,1-3H3,(H,16,17). The van der Waals surface area contributed by atoms with Crippen LogP contribution >= 0.6 is 0 Å². The number of carboxylic acid groups (broad SMARTS) is 1. The van der Waals surface area contributed by atoms with Gasteiger partial charge in [0.1, 0.15) is 0 Å². The molecule has 1 aliphatic rings. The zero-order valence-electron chi connectivity index (χ0n) is 12.3. The van der Waals surface area contributed by atoms with Crippen molar-refractivity contribution in [3.05, 3.63) is 0 Å². The number of rotatable bonds is 6. The van der Waals surface area contributed by atoms with Crippen LogP contribution in [0, 0.1) is 17.3 Å². The van der Waals surface area contributed by atoms with Crippen LogP contribution in [0.2, 0.25) is 0 Å². The third-order valence-electron chi connectivity index (χ3n) is 4.05. The minimum atomic E-state index is -1.34. The predicted octanol–water partition coefficient (Wildman–Crippen LogP) is 3.25. The highest BCUT2D eigenvalue weighted by atomic mass is 16.5. The number of carbonyl (C=O) groups excluding carboxylic acids is 1. The highest BCUT2D eigenvalue weighted by Gasteiger charge is 2.53. The number of carboxylic acids is 1. The van der Waals surface area contributed by atoms with Crippen LogP contribution in [-0.4, -0.2) is 23.7 Å². The molecule has 0 aliphatic heterocycles. The fraction of sp³-hybridized carbons (Fsp3) is 0.867. The van der Waals surface area contributed by atoms with E-state index in [4.69, 9.17) is 4.74 Å². The molecule has 4 heteroatoms. The number of esters is 1. The Bertz CT molecular complexity index is 318. The molecule has 19 heavy (non-hydrogen) atoms. The van der Waals surface area contributed by atoms with Crippen LogP contribution in [0.25, 0.3) is 0 Å². The Hall–Kier alpha value is -1.06. The molecule has 0 heterocycles.